The molecule has 0 unspecified atom stereocenters. The average Bonchev–Trinajstić information content (AvgIpc) is 2.58. The van der Waals surface area contributed by atoms with E-state index in [1.54, 1.807) is 24.3 Å². The van der Waals surface area contributed by atoms with Crippen molar-refractivity contribution in [2.75, 3.05) is 5.32 Å². The second-order valence-electron chi connectivity index (χ2n) is 6.51. The molecule has 1 aliphatic carbocycles. The Kier molecular flexibility index (Phi) is 5.78. The van der Waals surface area contributed by atoms with Gasteiger partial charge in [0.2, 0.25) is 5.91 Å². The van der Waals surface area contributed by atoms with Gasteiger partial charge in [-0.15, -0.1) is 0 Å². The first-order valence-electron chi connectivity index (χ1n) is 8.70. The molecule has 7 heteroatoms. The zero-order chi connectivity index (χ0) is 19.4. The van der Waals surface area contributed by atoms with E-state index in [4.69, 9.17) is 0 Å². The van der Waals surface area contributed by atoms with Crippen LogP contribution in [0.5, 0.6) is 0 Å². The van der Waals surface area contributed by atoms with Crippen molar-refractivity contribution in [1.29, 1.82) is 0 Å². The molecule has 0 aromatic heterocycles. The van der Waals surface area contributed by atoms with E-state index in [9.17, 15) is 22.8 Å². The number of carbonyl (C=O) groups excluding carboxylic acids is 2. The van der Waals surface area contributed by atoms with Crippen LogP contribution in [-0.4, -0.2) is 11.8 Å². The van der Waals surface area contributed by atoms with E-state index in [2.05, 4.69) is 10.6 Å². The molecule has 142 valence electrons. The van der Waals surface area contributed by atoms with Crippen molar-refractivity contribution in [1.82, 2.24) is 5.32 Å². The summed E-state index contributed by atoms with van der Waals surface area (Å²) in [4.78, 5) is 24.1. The molecule has 0 aliphatic heterocycles. The van der Waals surface area contributed by atoms with Crippen molar-refractivity contribution < 1.29 is 22.8 Å². The first-order chi connectivity index (χ1) is 13.0. The molecule has 27 heavy (non-hydrogen) atoms. The van der Waals surface area contributed by atoms with Crippen molar-refractivity contribution in [2.24, 2.45) is 5.92 Å². The summed E-state index contributed by atoms with van der Waals surface area (Å²) in [7, 11) is 0. The minimum absolute atomic E-state index is 0.0201. The van der Waals surface area contributed by atoms with E-state index in [0.717, 1.165) is 31.4 Å². The maximum absolute atomic E-state index is 14.0. The van der Waals surface area contributed by atoms with Crippen LogP contribution in [0.15, 0.2) is 42.5 Å². The van der Waals surface area contributed by atoms with E-state index >= 15 is 0 Å². The molecule has 0 heterocycles. The van der Waals surface area contributed by atoms with Crippen molar-refractivity contribution in [3.8, 4) is 0 Å². The van der Waals surface area contributed by atoms with Gasteiger partial charge in [0.15, 0.2) is 0 Å². The summed E-state index contributed by atoms with van der Waals surface area (Å²) < 4.78 is 39.5. The molecule has 2 N–H and O–H groups in total. The summed E-state index contributed by atoms with van der Waals surface area (Å²) >= 11 is 0. The van der Waals surface area contributed by atoms with Gasteiger partial charge in [0, 0.05) is 18.2 Å². The van der Waals surface area contributed by atoms with Crippen LogP contribution in [0, 0.1) is 11.7 Å². The van der Waals surface area contributed by atoms with E-state index < -0.39 is 29.3 Å². The largest absolute Gasteiger partial charge is 0.348 e. The van der Waals surface area contributed by atoms with Gasteiger partial charge in [-0.1, -0.05) is 30.7 Å². The molecule has 2 aromatic rings. The van der Waals surface area contributed by atoms with Gasteiger partial charge >= 0.3 is 0 Å². The summed E-state index contributed by atoms with van der Waals surface area (Å²) in [5.41, 5.74) is 0.0790. The van der Waals surface area contributed by atoms with Crippen molar-refractivity contribution in [3.63, 3.8) is 0 Å². The number of rotatable bonds is 6. The second kappa shape index (κ2) is 8.24. The zero-order valence-electron chi connectivity index (χ0n) is 14.5. The first kappa shape index (κ1) is 18.9. The van der Waals surface area contributed by atoms with Gasteiger partial charge in [0.25, 0.3) is 12.3 Å². The SMILES string of the molecule is O=C(NCc1cccc(NC(=O)C2CCC2)c1)c1cccc(C(F)F)c1F. The fourth-order valence-electron chi connectivity index (χ4n) is 2.85. The highest BCUT2D eigenvalue weighted by Crippen LogP contribution is 2.28. The standard InChI is InChI=1S/C20H19F3N2O2/c21-17-15(18(22)23)8-3-9-16(17)20(27)24-11-12-4-1-7-14(10-12)25-19(26)13-5-2-6-13/h1,3-4,7-10,13,18H,2,5-6,11H2,(H,24,27)(H,25,26). The molecule has 1 fully saturated rings. The molecule has 1 aliphatic rings. The van der Waals surface area contributed by atoms with Crippen LogP contribution >= 0.6 is 0 Å². The van der Waals surface area contributed by atoms with Gasteiger partial charge in [-0.3, -0.25) is 9.59 Å². The summed E-state index contributed by atoms with van der Waals surface area (Å²) in [5, 5.41) is 5.35. The number of hydrogen-bond donors (Lipinski definition) is 2. The van der Waals surface area contributed by atoms with Crippen LogP contribution in [0.3, 0.4) is 0 Å². The molecular formula is C20H19F3N2O2. The molecule has 3 rings (SSSR count). The lowest BCUT2D eigenvalue weighted by atomic mass is 9.85. The number of hydrogen-bond acceptors (Lipinski definition) is 2. The van der Waals surface area contributed by atoms with Crippen LogP contribution < -0.4 is 10.6 Å². The summed E-state index contributed by atoms with van der Waals surface area (Å²) in [6.07, 6.45) is -0.142. The van der Waals surface area contributed by atoms with Crippen molar-refractivity contribution in [3.05, 3.63) is 65.0 Å². The number of anilines is 1. The van der Waals surface area contributed by atoms with Crippen molar-refractivity contribution >= 4 is 17.5 Å². The maximum atomic E-state index is 14.0. The number of amides is 2. The molecule has 0 atom stereocenters. The maximum Gasteiger partial charge on any atom is 0.266 e. The number of alkyl halides is 2. The zero-order valence-corrected chi connectivity index (χ0v) is 14.5. The smallest absolute Gasteiger partial charge is 0.266 e. The van der Waals surface area contributed by atoms with Gasteiger partial charge < -0.3 is 10.6 Å². The minimum Gasteiger partial charge on any atom is -0.348 e. The third kappa shape index (κ3) is 4.48. The Bertz CT molecular complexity index is 851. The monoisotopic (exact) mass is 376 g/mol. The Morgan fingerprint density at radius 1 is 1.11 bits per heavy atom. The van der Waals surface area contributed by atoms with Gasteiger partial charge in [-0.2, -0.15) is 0 Å². The Hall–Kier alpha value is -2.83. The van der Waals surface area contributed by atoms with Gasteiger partial charge in [-0.25, -0.2) is 13.2 Å². The Labute approximate surface area is 154 Å². The van der Waals surface area contributed by atoms with Crippen LogP contribution in [-0.2, 0) is 11.3 Å². The molecular weight excluding hydrogens is 357 g/mol. The number of halogens is 3. The Balaban J connectivity index is 1.63. The number of carbonyl (C=O) groups is 2. The lowest BCUT2D eigenvalue weighted by molar-refractivity contribution is -0.122. The fourth-order valence-corrected chi connectivity index (χ4v) is 2.85. The van der Waals surface area contributed by atoms with E-state index in [1.165, 1.54) is 6.07 Å². The first-order valence-corrected chi connectivity index (χ1v) is 8.70. The number of nitrogens with one attached hydrogen (secondary N) is 2. The average molecular weight is 376 g/mol. The third-order valence-electron chi connectivity index (χ3n) is 4.63. The lowest BCUT2D eigenvalue weighted by Gasteiger charge is -2.24. The van der Waals surface area contributed by atoms with Crippen LogP contribution in [0.2, 0.25) is 0 Å². The molecule has 0 spiro atoms. The highest BCUT2D eigenvalue weighted by molar-refractivity contribution is 5.95. The Morgan fingerprint density at radius 3 is 2.52 bits per heavy atom. The predicted molar refractivity (Wildman–Crippen MR) is 94.9 cm³/mol. The summed E-state index contributed by atoms with van der Waals surface area (Å²) in [5.74, 6) is -1.96. The third-order valence-corrected chi connectivity index (χ3v) is 4.63. The molecule has 4 nitrogen and oxygen atoms in total. The predicted octanol–water partition coefficient (Wildman–Crippen LogP) is 4.43. The van der Waals surface area contributed by atoms with E-state index in [-0.39, 0.29) is 18.4 Å². The quantitative estimate of drug-likeness (QED) is 0.784. The molecule has 2 amide bonds. The highest BCUT2D eigenvalue weighted by atomic mass is 19.3. The fraction of sp³-hybridized carbons (Fsp3) is 0.300. The molecule has 2 aromatic carbocycles. The molecule has 0 saturated heterocycles. The second-order valence-corrected chi connectivity index (χ2v) is 6.51. The van der Waals surface area contributed by atoms with Crippen LogP contribution in [0.25, 0.3) is 0 Å². The van der Waals surface area contributed by atoms with Crippen LogP contribution in [0.1, 0.15) is 47.2 Å². The number of benzene rings is 2. The van der Waals surface area contributed by atoms with Gasteiger partial charge in [-0.05, 0) is 36.6 Å². The molecule has 1 saturated carbocycles. The van der Waals surface area contributed by atoms with Gasteiger partial charge in [0.05, 0.1) is 11.1 Å². The highest BCUT2D eigenvalue weighted by Gasteiger charge is 2.25. The summed E-state index contributed by atoms with van der Waals surface area (Å²) in [6.45, 7) is 0.0737. The normalized spacial score (nSPS) is 13.9. The lowest BCUT2D eigenvalue weighted by Crippen LogP contribution is -2.28. The Morgan fingerprint density at radius 2 is 1.85 bits per heavy atom. The minimum atomic E-state index is -2.99. The van der Waals surface area contributed by atoms with E-state index in [0.29, 0.717) is 11.3 Å². The molecule has 0 radical (unpaired) electrons. The van der Waals surface area contributed by atoms with Crippen molar-refractivity contribution in [2.45, 2.75) is 32.2 Å². The van der Waals surface area contributed by atoms with E-state index in [1.807, 2.05) is 0 Å². The summed E-state index contributed by atoms with van der Waals surface area (Å²) in [6, 6.07) is 10.3. The van der Waals surface area contributed by atoms with Crippen LogP contribution in [0.4, 0.5) is 18.9 Å². The molecule has 0 bridgehead atoms. The van der Waals surface area contributed by atoms with Gasteiger partial charge in [0.1, 0.15) is 5.82 Å². The topological polar surface area (TPSA) is 58.2 Å².